The lowest BCUT2D eigenvalue weighted by Gasteiger charge is -2.35. The van der Waals surface area contributed by atoms with Gasteiger partial charge in [-0.05, 0) is 80.3 Å². The summed E-state index contributed by atoms with van der Waals surface area (Å²) >= 11 is 0. The average molecular weight is 403 g/mol. The standard InChI is InChI=1S/C28H38N2/c1-22(10-8-11-23(2)27-15-17-29(5)18-16-27)25(4)30-19-13-26(14-20-30)21-28-12-7-6-9-24(28)3/h6-12,15,26H,2,4,13-14,16-21H2,1,3,5H3/b11-8-,22-10+. The van der Waals surface area contributed by atoms with Crippen LogP contribution in [0.3, 0.4) is 0 Å². The fourth-order valence-corrected chi connectivity index (χ4v) is 4.38. The van der Waals surface area contributed by atoms with Crippen LogP contribution in [0.1, 0.15) is 37.3 Å². The van der Waals surface area contributed by atoms with Gasteiger partial charge in [-0.3, -0.25) is 0 Å². The third-order valence-electron chi connectivity index (χ3n) is 6.69. The highest BCUT2D eigenvalue weighted by Gasteiger charge is 2.21. The van der Waals surface area contributed by atoms with Gasteiger partial charge in [0.15, 0.2) is 0 Å². The van der Waals surface area contributed by atoms with Gasteiger partial charge in [-0.25, -0.2) is 0 Å². The molecule has 0 radical (unpaired) electrons. The second-order valence-corrected chi connectivity index (χ2v) is 8.98. The zero-order chi connectivity index (χ0) is 21.5. The van der Waals surface area contributed by atoms with E-state index in [1.165, 1.54) is 41.5 Å². The highest BCUT2D eigenvalue weighted by molar-refractivity contribution is 5.41. The van der Waals surface area contributed by atoms with Crippen LogP contribution in [0.15, 0.2) is 84.1 Å². The maximum absolute atomic E-state index is 4.38. The zero-order valence-electron chi connectivity index (χ0n) is 19.2. The number of allylic oxidation sites excluding steroid dienone is 5. The molecule has 1 fully saturated rings. The summed E-state index contributed by atoms with van der Waals surface area (Å²) in [7, 11) is 2.16. The number of rotatable bonds is 7. The lowest BCUT2D eigenvalue weighted by molar-refractivity contribution is 0.229. The minimum absolute atomic E-state index is 0.783. The third-order valence-corrected chi connectivity index (χ3v) is 6.69. The van der Waals surface area contributed by atoms with Gasteiger partial charge in [-0.1, -0.05) is 61.7 Å². The van der Waals surface area contributed by atoms with Gasteiger partial charge in [0.2, 0.25) is 0 Å². The number of benzene rings is 1. The van der Waals surface area contributed by atoms with Crippen LogP contribution in [-0.4, -0.2) is 43.0 Å². The van der Waals surface area contributed by atoms with Gasteiger partial charge in [0.05, 0.1) is 0 Å². The van der Waals surface area contributed by atoms with Crippen molar-refractivity contribution in [2.75, 3.05) is 33.2 Å². The Morgan fingerprint density at radius 3 is 2.53 bits per heavy atom. The van der Waals surface area contributed by atoms with Crippen LogP contribution in [0.5, 0.6) is 0 Å². The lowest BCUT2D eigenvalue weighted by Crippen LogP contribution is -2.33. The molecule has 1 aromatic carbocycles. The quantitative estimate of drug-likeness (QED) is 0.510. The molecular formula is C28H38N2. The first-order valence-electron chi connectivity index (χ1n) is 11.3. The highest BCUT2D eigenvalue weighted by Crippen LogP contribution is 2.26. The summed E-state index contributed by atoms with van der Waals surface area (Å²) in [5, 5.41) is 0. The molecule has 0 spiro atoms. The van der Waals surface area contributed by atoms with E-state index in [1.54, 1.807) is 0 Å². The molecule has 2 aliphatic heterocycles. The van der Waals surface area contributed by atoms with E-state index in [1.807, 2.05) is 0 Å². The Bertz CT molecular complexity index is 847. The number of piperidine rings is 1. The van der Waals surface area contributed by atoms with E-state index in [-0.39, 0.29) is 0 Å². The fourth-order valence-electron chi connectivity index (χ4n) is 4.38. The molecule has 2 heteroatoms. The van der Waals surface area contributed by atoms with E-state index >= 15 is 0 Å². The van der Waals surface area contributed by atoms with E-state index < -0.39 is 0 Å². The Labute approximate surface area is 184 Å². The summed E-state index contributed by atoms with van der Waals surface area (Å²) in [6, 6.07) is 8.81. The molecule has 0 saturated carbocycles. The third kappa shape index (κ3) is 6.09. The number of hydrogen-bond acceptors (Lipinski definition) is 2. The van der Waals surface area contributed by atoms with Crippen molar-refractivity contribution in [2.45, 2.75) is 39.5 Å². The summed E-state index contributed by atoms with van der Waals surface area (Å²) < 4.78 is 0. The molecule has 0 amide bonds. The second-order valence-electron chi connectivity index (χ2n) is 8.98. The molecule has 0 bridgehead atoms. The van der Waals surface area contributed by atoms with Crippen molar-refractivity contribution in [2.24, 2.45) is 5.92 Å². The predicted molar refractivity (Wildman–Crippen MR) is 131 cm³/mol. The van der Waals surface area contributed by atoms with Crippen molar-refractivity contribution in [1.82, 2.24) is 9.80 Å². The first-order chi connectivity index (χ1) is 14.4. The number of likely N-dealkylation sites (tertiary alicyclic amines) is 1. The molecule has 3 rings (SSSR count). The van der Waals surface area contributed by atoms with E-state index in [9.17, 15) is 0 Å². The molecule has 0 aromatic heterocycles. The van der Waals surface area contributed by atoms with Crippen LogP contribution in [0.25, 0.3) is 0 Å². The Kier molecular flexibility index (Phi) is 7.93. The second kappa shape index (κ2) is 10.6. The van der Waals surface area contributed by atoms with Crippen molar-refractivity contribution >= 4 is 0 Å². The summed E-state index contributed by atoms with van der Waals surface area (Å²) in [6.45, 7) is 17.4. The molecule has 160 valence electrons. The van der Waals surface area contributed by atoms with Crippen molar-refractivity contribution in [3.05, 3.63) is 95.3 Å². The van der Waals surface area contributed by atoms with Gasteiger partial charge >= 0.3 is 0 Å². The largest absolute Gasteiger partial charge is 0.372 e. The first kappa shape index (κ1) is 22.4. The number of nitrogens with zero attached hydrogens (tertiary/aromatic N) is 2. The van der Waals surface area contributed by atoms with Gasteiger partial charge in [-0.15, -0.1) is 0 Å². The SMILES string of the molecule is C=C(/C=C\C=C(/C)C(=C)N1CCC(Cc2ccccc2C)CC1)C1=CCN(C)CC1. The molecule has 0 atom stereocenters. The molecule has 2 nitrogen and oxygen atoms in total. The lowest BCUT2D eigenvalue weighted by atomic mass is 9.88. The maximum atomic E-state index is 4.38. The number of hydrogen-bond donors (Lipinski definition) is 0. The highest BCUT2D eigenvalue weighted by atomic mass is 15.1. The summed E-state index contributed by atoms with van der Waals surface area (Å²) in [5.74, 6) is 0.783. The van der Waals surface area contributed by atoms with Crippen LogP contribution in [0.2, 0.25) is 0 Å². The van der Waals surface area contributed by atoms with Crippen molar-refractivity contribution in [1.29, 1.82) is 0 Å². The van der Waals surface area contributed by atoms with Crippen molar-refractivity contribution in [3.8, 4) is 0 Å². The van der Waals surface area contributed by atoms with Crippen molar-refractivity contribution < 1.29 is 0 Å². The summed E-state index contributed by atoms with van der Waals surface area (Å²) in [6.07, 6.45) is 13.5. The van der Waals surface area contributed by atoms with Gasteiger partial charge in [-0.2, -0.15) is 0 Å². The summed E-state index contributed by atoms with van der Waals surface area (Å²) in [5.41, 5.74) is 7.86. The molecule has 30 heavy (non-hydrogen) atoms. The maximum Gasteiger partial charge on any atom is 0.0322 e. The van der Waals surface area contributed by atoms with Crippen LogP contribution in [0.4, 0.5) is 0 Å². The Morgan fingerprint density at radius 1 is 1.13 bits per heavy atom. The molecule has 0 N–H and O–H groups in total. The Balaban J connectivity index is 1.48. The van der Waals surface area contributed by atoms with E-state index in [0.717, 1.165) is 49.8 Å². The molecule has 2 heterocycles. The minimum atomic E-state index is 0.783. The molecule has 1 aromatic rings. The van der Waals surface area contributed by atoms with E-state index in [2.05, 4.69) is 92.4 Å². The Hall–Kier alpha value is -2.32. The first-order valence-corrected chi connectivity index (χ1v) is 11.3. The van der Waals surface area contributed by atoms with Crippen LogP contribution in [-0.2, 0) is 6.42 Å². The molecule has 0 aliphatic carbocycles. The summed E-state index contributed by atoms with van der Waals surface area (Å²) in [4.78, 5) is 4.79. The fraction of sp³-hybridized carbons (Fsp3) is 0.429. The zero-order valence-corrected chi connectivity index (χ0v) is 19.2. The van der Waals surface area contributed by atoms with Gasteiger partial charge < -0.3 is 9.80 Å². The average Bonchev–Trinajstić information content (AvgIpc) is 2.75. The molecule has 0 unspecified atom stereocenters. The van der Waals surface area contributed by atoms with Crippen LogP contribution < -0.4 is 0 Å². The van der Waals surface area contributed by atoms with Crippen LogP contribution >= 0.6 is 0 Å². The number of likely N-dealkylation sites (N-methyl/N-ethyl adjacent to an activating group) is 1. The van der Waals surface area contributed by atoms with Crippen LogP contribution in [0, 0.1) is 12.8 Å². The molecular weight excluding hydrogens is 364 g/mol. The molecule has 1 saturated heterocycles. The van der Waals surface area contributed by atoms with E-state index in [4.69, 9.17) is 0 Å². The number of aryl methyl sites for hydroxylation is 1. The topological polar surface area (TPSA) is 6.48 Å². The van der Waals surface area contributed by atoms with Gasteiger partial charge in [0.1, 0.15) is 0 Å². The monoisotopic (exact) mass is 402 g/mol. The normalized spacial score (nSPS) is 19.2. The van der Waals surface area contributed by atoms with Gasteiger partial charge in [0, 0.05) is 31.9 Å². The molecule has 2 aliphatic rings. The van der Waals surface area contributed by atoms with Crippen molar-refractivity contribution in [3.63, 3.8) is 0 Å². The predicted octanol–water partition coefficient (Wildman–Crippen LogP) is 6.08. The smallest absolute Gasteiger partial charge is 0.0322 e. The minimum Gasteiger partial charge on any atom is -0.372 e. The van der Waals surface area contributed by atoms with Gasteiger partial charge in [0.25, 0.3) is 0 Å². The Morgan fingerprint density at radius 2 is 1.87 bits per heavy atom. The van der Waals surface area contributed by atoms with E-state index in [0.29, 0.717) is 0 Å².